The highest BCUT2D eigenvalue weighted by Gasteiger charge is 2.33. The van der Waals surface area contributed by atoms with Crippen LogP contribution in [0.25, 0.3) is 37.8 Å². The maximum absolute atomic E-state index is 13.2. The minimum atomic E-state index is -0.213. The van der Waals surface area contributed by atoms with E-state index in [9.17, 15) is 9.59 Å². The second kappa shape index (κ2) is 7.34. The first-order valence-electron chi connectivity index (χ1n) is 11.2. The van der Waals surface area contributed by atoms with Gasteiger partial charge in [-0.15, -0.1) is 11.3 Å². The molecule has 34 heavy (non-hydrogen) atoms. The van der Waals surface area contributed by atoms with Crippen LogP contribution in [0.3, 0.4) is 0 Å². The molecule has 0 spiro atoms. The Balaban J connectivity index is 1.43. The molecule has 0 bridgehead atoms. The number of allylic oxidation sites excluding steroid dienone is 1. The molecule has 0 radical (unpaired) electrons. The van der Waals surface area contributed by atoms with Crippen molar-refractivity contribution in [3.8, 4) is 10.6 Å². The minimum absolute atomic E-state index is 0.212. The number of ketones is 2. The lowest BCUT2D eigenvalue weighted by atomic mass is 10.0. The summed E-state index contributed by atoms with van der Waals surface area (Å²) >= 11 is 1.64. The van der Waals surface area contributed by atoms with Gasteiger partial charge in [0.05, 0.1) is 10.3 Å². The maximum Gasteiger partial charge on any atom is 0.197 e. The van der Waals surface area contributed by atoms with Gasteiger partial charge >= 0.3 is 0 Å². The van der Waals surface area contributed by atoms with Gasteiger partial charge in [0.15, 0.2) is 17.2 Å². The number of fused-ring (bicyclic) bond motifs is 3. The van der Waals surface area contributed by atoms with Crippen LogP contribution >= 0.6 is 11.3 Å². The fourth-order valence-corrected chi connectivity index (χ4v) is 6.28. The van der Waals surface area contributed by atoms with E-state index in [1.807, 2.05) is 54.1 Å². The smallest absolute Gasteiger partial charge is 0.197 e. The molecule has 0 aliphatic heterocycles. The summed E-state index contributed by atoms with van der Waals surface area (Å²) in [5.74, 6) is -0.426. The van der Waals surface area contributed by atoms with Crippen molar-refractivity contribution in [2.24, 2.45) is 7.05 Å². The van der Waals surface area contributed by atoms with E-state index >= 15 is 0 Å². The SMILES string of the molecule is Cc1cc(C)c(-c2nc3c(cc(C=C4C(=O)c5cc6ccccc6cc5C4=O)n3C)s2)c(C)c1. The molecular weight excluding hydrogens is 440 g/mol. The standard InChI is InChI=1S/C29H22N2O2S/c1-15-9-16(2)25(17(3)10-15)29-30-28-24(34-29)14-20(31(28)4)13-23-26(32)21-11-18-7-5-6-8-19(18)12-22(21)27(23)33/h5-14H,1-4H3. The van der Waals surface area contributed by atoms with E-state index in [1.54, 1.807) is 17.4 Å². The molecule has 6 rings (SSSR count). The van der Waals surface area contributed by atoms with Gasteiger partial charge in [0, 0.05) is 29.4 Å². The van der Waals surface area contributed by atoms with Crippen molar-refractivity contribution >= 4 is 50.1 Å². The third-order valence-corrected chi connectivity index (χ3v) is 7.68. The predicted octanol–water partition coefficient (Wildman–Crippen LogP) is 6.84. The Morgan fingerprint density at radius 2 is 1.44 bits per heavy atom. The Morgan fingerprint density at radius 3 is 2.00 bits per heavy atom. The van der Waals surface area contributed by atoms with E-state index in [2.05, 4.69) is 32.9 Å². The zero-order valence-electron chi connectivity index (χ0n) is 19.4. The summed E-state index contributed by atoms with van der Waals surface area (Å²) in [6.45, 7) is 6.35. The normalized spacial score (nSPS) is 13.4. The minimum Gasteiger partial charge on any atom is -0.328 e. The van der Waals surface area contributed by atoms with Crippen LogP contribution in [-0.4, -0.2) is 21.1 Å². The van der Waals surface area contributed by atoms with Crippen molar-refractivity contribution in [3.63, 3.8) is 0 Å². The van der Waals surface area contributed by atoms with Gasteiger partial charge in [-0.05, 0) is 66.9 Å². The summed E-state index contributed by atoms with van der Waals surface area (Å²) in [7, 11) is 1.93. The number of rotatable bonds is 2. The number of aryl methyl sites for hydroxylation is 4. The molecule has 5 aromatic rings. The molecule has 166 valence electrons. The Labute approximate surface area is 201 Å². The van der Waals surface area contributed by atoms with E-state index in [1.165, 1.54) is 22.3 Å². The molecule has 4 nitrogen and oxygen atoms in total. The summed E-state index contributed by atoms with van der Waals surface area (Å²) < 4.78 is 2.99. The van der Waals surface area contributed by atoms with Gasteiger partial charge in [-0.3, -0.25) is 9.59 Å². The van der Waals surface area contributed by atoms with Crippen LogP contribution in [0, 0.1) is 20.8 Å². The summed E-state index contributed by atoms with van der Waals surface area (Å²) in [6, 6.07) is 17.8. The number of hydrogen-bond donors (Lipinski definition) is 0. The van der Waals surface area contributed by atoms with E-state index in [4.69, 9.17) is 4.98 Å². The molecule has 0 saturated heterocycles. The Kier molecular flexibility index (Phi) is 4.48. The summed E-state index contributed by atoms with van der Waals surface area (Å²) in [5, 5.41) is 2.91. The fraction of sp³-hybridized carbons (Fsp3) is 0.138. The van der Waals surface area contributed by atoms with Crippen LogP contribution < -0.4 is 0 Å². The first kappa shape index (κ1) is 20.8. The summed E-state index contributed by atoms with van der Waals surface area (Å²) in [5.41, 5.74) is 7.68. The summed E-state index contributed by atoms with van der Waals surface area (Å²) in [4.78, 5) is 31.2. The number of hydrogen-bond acceptors (Lipinski definition) is 4. The van der Waals surface area contributed by atoms with Crippen molar-refractivity contribution in [3.05, 3.63) is 93.7 Å². The van der Waals surface area contributed by atoms with Gasteiger partial charge in [0.2, 0.25) is 0 Å². The van der Waals surface area contributed by atoms with Gasteiger partial charge in [-0.2, -0.15) is 0 Å². The predicted molar refractivity (Wildman–Crippen MR) is 139 cm³/mol. The Bertz CT molecular complexity index is 1650. The summed E-state index contributed by atoms with van der Waals surface area (Å²) in [6.07, 6.45) is 1.71. The number of nitrogens with zero attached hydrogens (tertiary/aromatic N) is 2. The topological polar surface area (TPSA) is 52.0 Å². The van der Waals surface area contributed by atoms with Crippen LogP contribution in [-0.2, 0) is 7.05 Å². The number of aromatic nitrogens is 2. The zero-order valence-corrected chi connectivity index (χ0v) is 20.2. The van der Waals surface area contributed by atoms with Crippen molar-refractivity contribution < 1.29 is 9.59 Å². The lowest BCUT2D eigenvalue weighted by Gasteiger charge is -2.08. The van der Waals surface area contributed by atoms with Gasteiger partial charge in [0.25, 0.3) is 0 Å². The van der Waals surface area contributed by atoms with Crippen LogP contribution in [0.2, 0.25) is 0 Å². The molecule has 0 saturated carbocycles. The highest BCUT2D eigenvalue weighted by Crippen LogP contribution is 2.37. The lowest BCUT2D eigenvalue weighted by Crippen LogP contribution is -2.02. The molecule has 1 aliphatic rings. The van der Waals surface area contributed by atoms with Crippen LogP contribution in [0.5, 0.6) is 0 Å². The first-order valence-corrected chi connectivity index (χ1v) is 12.0. The number of thiazole rings is 1. The molecule has 1 aliphatic carbocycles. The second-order valence-electron chi connectivity index (χ2n) is 9.07. The number of carbonyl (C=O) groups excluding carboxylic acids is 2. The lowest BCUT2D eigenvalue weighted by molar-refractivity contribution is 0.0990. The Hall–Kier alpha value is -3.83. The molecule has 0 N–H and O–H groups in total. The molecule has 5 heteroatoms. The molecule has 2 aromatic heterocycles. The third kappa shape index (κ3) is 3.01. The van der Waals surface area contributed by atoms with Gasteiger partial charge < -0.3 is 4.57 Å². The third-order valence-electron chi connectivity index (χ3n) is 6.67. The quantitative estimate of drug-likeness (QED) is 0.213. The molecule has 0 unspecified atom stereocenters. The molecular formula is C29H22N2O2S. The van der Waals surface area contributed by atoms with Crippen molar-refractivity contribution in [1.82, 2.24) is 9.55 Å². The molecule has 0 fully saturated rings. The monoisotopic (exact) mass is 462 g/mol. The number of Topliss-reactive ketones (excluding diaryl/α,β-unsaturated/α-hetero) is 2. The number of carbonyl (C=O) groups is 2. The number of benzene rings is 3. The zero-order chi connectivity index (χ0) is 23.7. The van der Waals surface area contributed by atoms with Gasteiger partial charge in [0.1, 0.15) is 5.01 Å². The van der Waals surface area contributed by atoms with Gasteiger partial charge in [-0.25, -0.2) is 4.98 Å². The first-order chi connectivity index (χ1) is 16.3. The Morgan fingerprint density at radius 1 is 0.853 bits per heavy atom. The molecule has 3 aromatic carbocycles. The maximum atomic E-state index is 13.2. The van der Waals surface area contributed by atoms with Crippen molar-refractivity contribution in [2.75, 3.05) is 0 Å². The van der Waals surface area contributed by atoms with E-state index in [0.717, 1.165) is 31.8 Å². The average Bonchev–Trinajstić information content (AvgIpc) is 3.40. The highest BCUT2D eigenvalue weighted by atomic mass is 32.1. The molecule has 2 heterocycles. The molecule has 0 atom stereocenters. The van der Waals surface area contributed by atoms with E-state index in [-0.39, 0.29) is 17.1 Å². The highest BCUT2D eigenvalue weighted by molar-refractivity contribution is 7.21. The molecule has 0 amide bonds. The van der Waals surface area contributed by atoms with Crippen molar-refractivity contribution in [1.29, 1.82) is 0 Å². The fourth-order valence-electron chi connectivity index (χ4n) is 5.06. The largest absolute Gasteiger partial charge is 0.328 e. The van der Waals surface area contributed by atoms with E-state index in [0.29, 0.717) is 11.1 Å². The van der Waals surface area contributed by atoms with Gasteiger partial charge in [-0.1, -0.05) is 42.0 Å². The second-order valence-corrected chi connectivity index (χ2v) is 10.1. The average molecular weight is 463 g/mol. The van der Waals surface area contributed by atoms with E-state index < -0.39 is 0 Å². The van der Waals surface area contributed by atoms with Crippen LogP contribution in [0.1, 0.15) is 43.1 Å². The van der Waals surface area contributed by atoms with Crippen molar-refractivity contribution in [2.45, 2.75) is 20.8 Å². The van der Waals surface area contributed by atoms with Crippen LogP contribution in [0.15, 0.2) is 60.2 Å². The van der Waals surface area contributed by atoms with Crippen LogP contribution in [0.4, 0.5) is 0 Å².